The number of nitrogens with zero attached hydrogens (tertiary/aromatic N) is 2. The smallest absolute Gasteiger partial charge is 0.324 e. The Bertz CT molecular complexity index is 999. The molecule has 29 heavy (non-hydrogen) atoms. The second-order valence-electron chi connectivity index (χ2n) is 7.15. The fourth-order valence-corrected chi connectivity index (χ4v) is 3.53. The molecule has 0 aliphatic carbocycles. The Kier molecular flexibility index (Phi) is 5.33. The summed E-state index contributed by atoms with van der Waals surface area (Å²) in [6, 6.07) is 18.9. The first kappa shape index (κ1) is 18.8. The second kappa shape index (κ2) is 8.22. The van der Waals surface area contributed by atoms with Gasteiger partial charge in [0.1, 0.15) is 0 Å². The fraction of sp³-hybridized carbons (Fsp3) is 0.217. The largest absolute Gasteiger partial charge is 0.459 e. The molecule has 3 aromatic rings. The van der Waals surface area contributed by atoms with E-state index in [-0.39, 0.29) is 17.7 Å². The molecule has 1 aliphatic heterocycles. The van der Waals surface area contributed by atoms with Gasteiger partial charge in [0.15, 0.2) is 5.76 Å². The molecule has 0 atom stereocenters. The summed E-state index contributed by atoms with van der Waals surface area (Å²) < 4.78 is 5.19. The normalized spacial score (nSPS) is 14.2. The number of anilines is 2. The van der Waals surface area contributed by atoms with E-state index in [2.05, 4.69) is 5.32 Å². The fourth-order valence-electron chi connectivity index (χ4n) is 3.53. The first-order chi connectivity index (χ1) is 14.1. The topological polar surface area (TPSA) is 65.8 Å². The van der Waals surface area contributed by atoms with E-state index in [9.17, 15) is 9.59 Å². The number of hydrogen-bond acceptors (Lipinski definition) is 3. The van der Waals surface area contributed by atoms with Crippen LogP contribution in [0.4, 0.5) is 16.2 Å². The highest BCUT2D eigenvalue weighted by molar-refractivity contribution is 6.06. The van der Waals surface area contributed by atoms with Gasteiger partial charge in [0.25, 0.3) is 5.91 Å². The van der Waals surface area contributed by atoms with Gasteiger partial charge >= 0.3 is 6.03 Å². The molecule has 148 valence electrons. The van der Waals surface area contributed by atoms with Crippen LogP contribution in [0.2, 0.25) is 0 Å². The van der Waals surface area contributed by atoms with Gasteiger partial charge in [-0.25, -0.2) is 4.79 Å². The minimum Gasteiger partial charge on any atom is -0.459 e. The van der Waals surface area contributed by atoms with Crippen LogP contribution in [-0.2, 0) is 6.54 Å². The zero-order valence-electron chi connectivity index (χ0n) is 16.3. The molecule has 3 amide bonds. The third kappa shape index (κ3) is 4.16. The van der Waals surface area contributed by atoms with Crippen LogP contribution in [0.5, 0.6) is 0 Å². The van der Waals surface area contributed by atoms with Crippen LogP contribution in [0, 0.1) is 6.92 Å². The monoisotopic (exact) mass is 389 g/mol. The van der Waals surface area contributed by atoms with Crippen LogP contribution in [0.1, 0.15) is 28.1 Å². The number of carbonyl (C=O) groups excluding carboxylic acids is 2. The van der Waals surface area contributed by atoms with E-state index < -0.39 is 0 Å². The second-order valence-corrected chi connectivity index (χ2v) is 7.15. The Balaban J connectivity index is 1.58. The highest BCUT2D eigenvalue weighted by Gasteiger charge is 2.28. The first-order valence-corrected chi connectivity index (χ1v) is 9.68. The quantitative estimate of drug-likeness (QED) is 0.689. The van der Waals surface area contributed by atoms with Crippen LogP contribution < -0.4 is 10.2 Å². The molecule has 0 unspecified atom stereocenters. The average molecular weight is 389 g/mol. The van der Waals surface area contributed by atoms with Gasteiger partial charge in [0.2, 0.25) is 0 Å². The number of furan rings is 1. The number of carbonyl (C=O) groups is 2. The molecule has 1 aromatic heterocycles. The molecule has 2 aromatic carbocycles. The number of rotatable bonds is 5. The van der Waals surface area contributed by atoms with E-state index in [0.29, 0.717) is 31.0 Å². The summed E-state index contributed by atoms with van der Waals surface area (Å²) in [4.78, 5) is 29.3. The summed E-state index contributed by atoms with van der Waals surface area (Å²) in [5.74, 6) is -0.111. The SMILES string of the molecule is Cc1ccc(N2CCCN(Cc3ccccc3)C2=O)c(NC(=O)c2ccco2)c1. The molecule has 0 radical (unpaired) electrons. The Morgan fingerprint density at radius 1 is 1.07 bits per heavy atom. The average Bonchev–Trinajstić information content (AvgIpc) is 3.26. The Hall–Kier alpha value is -3.54. The van der Waals surface area contributed by atoms with Crippen LogP contribution >= 0.6 is 0 Å². The van der Waals surface area contributed by atoms with Crippen molar-refractivity contribution in [3.8, 4) is 0 Å². The van der Waals surface area contributed by atoms with Crippen LogP contribution in [0.3, 0.4) is 0 Å². The van der Waals surface area contributed by atoms with E-state index in [4.69, 9.17) is 4.42 Å². The number of benzene rings is 2. The summed E-state index contributed by atoms with van der Waals surface area (Å²) in [5, 5.41) is 2.89. The van der Waals surface area contributed by atoms with Gasteiger partial charge in [-0.3, -0.25) is 9.69 Å². The maximum atomic E-state index is 13.2. The molecule has 1 aliphatic rings. The molecule has 6 heteroatoms. The van der Waals surface area contributed by atoms with E-state index in [1.165, 1.54) is 6.26 Å². The molecule has 4 rings (SSSR count). The molecule has 0 bridgehead atoms. The van der Waals surface area contributed by atoms with Crippen LogP contribution in [-0.4, -0.2) is 29.9 Å². The third-order valence-electron chi connectivity index (χ3n) is 4.96. The minimum atomic E-state index is -0.340. The molecular weight excluding hydrogens is 366 g/mol. The Morgan fingerprint density at radius 3 is 2.66 bits per heavy atom. The van der Waals surface area contributed by atoms with Gasteiger partial charge in [-0.1, -0.05) is 36.4 Å². The molecule has 0 spiro atoms. The van der Waals surface area contributed by atoms with Crippen molar-refractivity contribution in [3.05, 3.63) is 83.8 Å². The van der Waals surface area contributed by atoms with E-state index in [1.54, 1.807) is 17.0 Å². The summed E-state index contributed by atoms with van der Waals surface area (Å²) in [5.41, 5.74) is 3.38. The lowest BCUT2D eigenvalue weighted by Crippen LogP contribution is -2.49. The summed E-state index contributed by atoms with van der Waals surface area (Å²) in [7, 11) is 0. The molecule has 1 N–H and O–H groups in total. The molecule has 6 nitrogen and oxygen atoms in total. The number of amides is 3. The standard InChI is InChI=1S/C23H23N3O3/c1-17-10-11-20(19(15-17)24-22(27)21-9-5-14-29-21)26-13-6-12-25(23(26)28)16-18-7-3-2-4-8-18/h2-5,7-11,14-15H,6,12-13,16H2,1H3,(H,24,27). The van der Waals surface area contributed by atoms with Crippen molar-refractivity contribution in [3.63, 3.8) is 0 Å². The van der Waals surface area contributed by atoms with Crippen molar-refractivity contribution in [2.45, 2.75) is 19.9 Å². The number of hydrogen-bond donors (Lipinski definition) is 1. The van der Waals surface area contributed by atoms with E-state index in [1.807, 2.05) is 60.4 Å². The van der Waals surface area contributed by atoms with Crippen LogP contribution in [0.25, 0.3) is 0 Å². The lowest BCUT2D eigenvalue weighted by Gasteiger charge is -2.36. The lowest BCUT2D eigenvalue weighted by molar-refractivity contribution is 0.0996. The van der Waals surface area contributed by atoms with Crippen molar-refractivity contribution >= 4 is 23.3 Å². The zero-order chi connectivity index (χ0) is 20.2. The number of aryl methyl sites for hydroxylation is 1. The van der Waals surface area contributed by atoms with Gasteiger partial charge in [-0.15, -0.1) is 0 Å². The van der Waals surface area contributed by atoms with Crippen LogP contribution in [0.15, 0.2) is 71.3 Å². The predicted octanol–water partition coefficient (Wildman–Crippen LogP) is 4.67. The Morgan fingerprint density at radius 2 is 1.90 bits per heavy atom. The number of urea groups is 1. The van der Waals surface area contributed by atoms with Gasteiger partial charge in [0.05, 0.1) is 17.6 Å². The summed E-state index contributed by atoms with van der Waals surface area (Å²) in [6.07, 6.45) is 2.32. The van der Waals surface area contributed by atoms with Crippen molar-refractivity contribution < 1.29 is 14.0 Å². The Labute approximate surface area is 169 Å². The van der Waals surface area contributed by atoms with Crippen molar-refractivity contribution in [1.29, 1.82) is 0 Å². The van der Waals surface area contributed by atoms with Gasteiger partial charge in [0, 0.05) is 19.6 Å². The lowest BCUT2D eigenvalue weighted by atomic mass is 10.1. The summed E-state index contributed by atoms with van der Waals surface area (Å²) >= 11 is 0. The highest BCUT2D eigenvalue weighted by Crippen LogP contribution is 2.30. The minimum absolute atomic E-state index is 0.0579. The van der Waals surface area contributed by atoms with E-state index >= 15 is 0 Å². The predicted molar refractivity (Wildman–Crippen MR) is 112 cm³/mol. The maximum Gasteiger partial charge on any atom is 0.324 e. The molecule has 1 saturated heterocycles. The van der Waals surface area contributed by atoms with Gasteiger partial charge < -0.3 is 14.6 Å². The summed E-state index contributed by atoms with van der Waals surface area (Å²) in [6.45, 7) is 3.84. The highest BCUT2D eigenvalue weighted by atomic mass is 16.3. The van der Waals surface area contributed by atoms with E-state index in [0.717, 1.165) is 17.5 Å². The zero-order valence-corrected chi connectivity index (χ0v) is 16.3. The molecule has 2 heterocycles. The van der Waals surface area contributed by atoms with Crippen molar-refractivity contribution in [1.82, 2.24) is 4.90 Å². The molecular formula is C23H23N3O3. The maximum absolute atomic E-state index is 13.2. The van der Waals surface area contributed by atoms with Gasteiger partial charge in [-0.2, -0.15) is 0 Å². The van der Waals surface area contributed by atoms with Crippen molar-refractivity contribution in [2.24, 2.45) is 0 Å². The first-order valence-electron chi connectivity index (χ1n) is 9.68. The number of nitrogens with one attached hydrogen (secondary N) is 1. The molecule has 1 fully saturated rings. The third-order valence-corrected chi connectivity index (χ3v) is 4.96. The molecule has 0 saturated carbocycles. The van der Waals surface area contributed by atoms with Gasteiger partial charge in [-0.05, 0) is 48.7 Å². The van der Waals surface area contributed by atoms with Crippen molar-refractivity contribution in [2.75, 3.05) is 23.3 Å².